The molecule has 6 rings (SSSR count). The zero-order chi connectivity index (χ0) is 32.4. The van der Waals surface area contributed by atoms with E-state index in [9.17, 15) is 14.9 Å². The molecule has 13 heteroatoms. The molecular weight excluding hydrogens is 724 g/mol. The van der Waals surface area contributed by atoms with Crippen molar-refractivity contribution in [3.8, 4) is 28.8 Å². The molecule has 0 unspecified atom stereocenters. The summed E-state index contributed by atoms with van der Waals surface area (Å²) in [5.41, 5.74) is 1.29. The normalized spacial score (nSPS) is 11.4. The summed E-state index contributed by atoms with van der Waals surface area (Å²) in [6.45, 7) is 2.03. The number of furan rings is 1. The zero-order valence-electron chi connectivity index (χ0n) is 24.4. The lowest BCUT2D eigenvalue weighted by Gasteiger charge is -2.14. The third-order valence-electron chi connectivity index (χ3n) is 6.98. The average Bonchev–Trinajstić information content (AvgIpc) is 3.49. The molecule has 0 radical (unpaired) electrons. The summed E-state index contributed by atoms with van der Waals surface area (Å²) in [5.74, 6) is 1.14. The van der Waals surface area contributed by atoms with Gasteiger partial charge in [0.15, 0.2) is 11.5 Å². The van der Waals surface area contributed by atoms with E-state index in [4.69, 9.17) is 23.6 Å². The fourth-order valence-corrected chi connectivity index (χ4v) is 6.01. The molecule has 0 aliphatic carbocycles. The second kappa shape index (κ2) is 13.2. The fourth-order valence-electron chi connectivity index (χ4n) is 4.85. The molecule has 0 spiro atoms. The molecule has 46 heavy (non-hydrogen) atoms. The number of ether oxygens (including phenoxy) is 3. The van der Waals surface area contributed by atoms with Crippen LogP contribution in [0.15, 0.2) is 102 Å². The van der Waals surface area contributed by atoms with Crippen molar-refractivity contribution in [3.05, 3.63) is 119 Å². The average molecular weight is 748 g/mol. The molecule has 11 nitrogen and oxygen atoms in total. The van der Waals surface area contributed by atoms with Gasteiger partial charge in [0.1, 0.15) is 17.9 Å². The molecule has 0 aliphatic rings. The zero-order valence-corrected chi connectivity index (χ0v) is 27.6. The van der Waals surface area contributed by atoms with Crippen LogP contribution in [-0.2, 0) is 6.61 Å². The lowest BCUT2D eigenvalue weighted by Crippen LogP contribution is -2.20. The highest BCUT2D eigenvalue weighted by Crippen LogP contribution is 2.39. The van der Waals surface area contributed by atoms with E-state index in [1.807, 2.05) is 18.2 Å². The minimum atomic E-state index is -0.553. The van der Waals surface area contributed by atoms with Crippen LogP contribution in [0.1, 0.15) is 18.1 Å². The predicted octanol–water partition coefficient (Wildman–Crippen LogP) is 8.11. The van der Waals surface area contributed by atoms with Crippen molar-refractivity contribution in [2.45, 2.75) is 13.5 Å². The second-order valence-electron chi connectivity index (χ2n) is 9.88. The number of methoxy groups -OCH3 is 1. The number of para-hydroxylation sites is 1. The van der Waals surface area contributed by atoms with Crippen LogP contribution in [0.25, 0.3) is 33.5 Å². The standard InChI is InChI=1S/C33H24Br2N4O7/c1-3-44-29-14-19(13-26(39(41)42)31(29)45-18-20-11-12-21(34)15-24(20)35)17-36-38-32(37-25-8-5-4-7-22(25)33(38)40)30-16-23-27(43-2)9-6-10-28(23)46-30/h4-17H,3,18H2,1-2H3. The van der Waals surface area contributed by atoms with Crippen molar-refractivity contribution in [1.82, 2.24) is 9.66 Å². The summed E-state index contributed by atoms with van der Waals surface area (Å²) in [6, 6.07) is 22.4. The number of hydrogen-bond acceptors (Lipinski definition) is 9. The van der Waals surface area contributed by atoms with Crippen molar-refractivity contribution in [3.63, 3.8) is 0 Å². The van der Waals surface area contributed by atoms with Crippen LogP contribution in [0, 0.1) is 10.1 Å². The van der Waals surface area contributed by atoms with Gasteiger partial charge in [-0.2, -0.15) is 9.78 Å². The molecule has 2 heterocycles. The maximum Gasteiger partial charge on any atom is 0.315 e. The van der Waals surface area contributed by atoms with Crippen molar-refractivity contribution >= 4 is 65.6 Å². The summed E-state index contributed by atoms with van der Waals surface area (Å²) in [6.07, 6.45) is 1.33. The Morgan fingerprint density at radius 3 is 2.59 bits per heavy atom. The van der Waals surface area contributed by atoms with Crippen LogP contribution in [0.4, 0.5) is 5.69 Å². The van der Waals surface area contributed by atoms with Crippen molar-refractivity contribution in [2.75, 3.05) is 13.7 Å². The fraction of sp³-hybridized carbons (Fsp3) is 0.121. The third-order valence-corrected chi connectivity index (χ3v) is 8.21. The third kappa shape index (κ3) is 6.11. The first kappa shape index (κ1) is 31.0. The summed E-state index contributed by atoms with van der Waals surface area (Å²) >= 11 is 6.91. The van der Waals surface area contributed by atoms with Crippen molar-refractivity contribution in [2.24, 2.45) is 5.10 Å². The van der Waals surface area contributed by atoms with Gasteiger partial charge in [-0.1, -0.05) is 56.1 Å². The number of hydrogen-bond donors (Lipinski definition) is 0. The van der Waals surface area contributed by atoms with Gasteiger partial charge in [0.25, 0.3) is 5.56 Å². The Morgan fingerprint density at radius 2 is 1.83 bits per heavy atom. The number of nitrogens with zero attached hydrogens (tertiary/aromatic N) is 4. The van der Waals surface area contributed by atoms with E-state index in [1.54, 1.807) is 68.6 Å². The first-order valence-electron chi connectivity index (χ1n) is 13.9. The minimum Gasteiger partial charge on any atom is -0.496 e. The Hall–Kier alpha value is -5.01. The molecule has 4 aromatic carbocycles. The molecule has 2 aromatic heterocycles. The largest absolute Gasteiger partial charge is 0.496 e. The van der Waals surface area contributed by atoms with Gasteiger partial charge in [0, 0.05) is 26.1 Å². The summed E-state index contributed by atoms with van der Waals surface area (Å²) in [5, 5.41) is 17.7. The number of nitro groups is 1. The van der Waals surface area contributed by atoms with Crippen molar-refractivity contribution in [1.29, 1.82) is 0 Å². The SMILES string of the molecule is CCOc1cc(C=Nn2c(-c3cc4c(OC)cccc4o3)nc3ccccc3c2=O)cc([N+](=O)[O-])c1OCc1ccc(Br)cc1Br. The van der Waals surface area contributed by atoms with Crippen molar-refractivity contribution < 1.29 is 23.6 Å². The van der Waals surface area contributed by atoms with Gasteiger partial charge in [-0.25, -0.2) is 4.98 Å². The van der Waals surface area contributed by atoms with Gasteiger partial charge in [0.05, 0.1) is 41.1 Å². The number of nitro benzene ring substituents is 1. The first-order valence-corrected chi connectivity index (χ1v) is 15.5. The molecule has 0 bridgehead atoms. The van der Waals surface area contributed by atoms with E-state index >= 15 is 0 Å². The van der Waals surface area contributed by atoms with Crippen LogP contribution < -0.4 is 19.8 Å². The van der Waals surface area contributed by atoms with Gasteiger partial charge in [-0.05, 0) is 55.5 Å². The smallest absolute Gasteiger partial charge is 0.315 e. The van der Waals surface area contributed by atoms with E-state index in [0.717, 1.165) is 19.2 Å². The number of aromatic nitrogens is 2. The summed E-state index contributed by atoms with van der Waals surface area (Å²) < 4.78 is 26.0. The van der Waals surface area contributed by atoms with E-state index < -0.39 is 10.5 Å². The second-order valence-corrected chi connectivity index (χ2v) is 11.6. The minimum absolute atomic E-state index is 0.0275. The van der Waals surface area contributed by atoms with E-state index in [1.165, 1.54) is 12.3 Å². The van der Waals surface area contributed by atoms with E-state index in [-0.39, 0.29) is 42.0 Å². The quantitative estimate of drug-likeness (QED) is 0.0781. The molecule has 0 atom stereocenters. The Bertz CT molecular complexity index is 2210. The number of halogens is 2. The lowest BCUT2D eigenvalue weighted by atomic mass is 10.1. The molecule has 0 saturated heterocycles. The number of rotatable bonds is 10. The molecule has 0 aliphatic heterocycles. The number of fused-ring (bicyclic) bond motifs is 2. The van der Waals surface area contributed by atoms with Gasteiger partial charge >= 0.3 is 5.69 Å². The van der Waals surface area contributed by atoms with Crippen LogP contribution in [-0.4, -0.2) is 34.5 Å². The Labute approximate surface area is 278 Å². The number of benzene rings is 4. The molecule has 0 fully saturated rings. The summed E-state index contributed by atoms with van der Waals surface area (Å²) in [4.78, 5) is 30.1. The van der Waals surface area contributed by atoms with Crippen LogP contribution in [0.3, 0.4) is 0 Å². The summed E-state index contributed by atoms with van der Waals surface area (Å²) in [7, 11) is 1.56. The Kier molecular flexibility index (Phi) is 8.86. The Morgan fingerprint density at radius 1 is 1.00 bits per heavy atom. The maximum atomic E-state index is 13.7. The van der Waals surface area contributed by atoms with Gasteiger partial charge < -0.3 is 18.6 Å². The molecule has 0 N–H and O–H groups in total. The highest BCUT2D eigenvalue weighted by atomic mass is 79.9. The molecule has 6 aromatic rings. The molecular formula is C33H24Br2N4O7. The van der Waals surface area contributed by atoms with Gasteiger partial charge in [-0.15, -0.1) is 0 Å². The van der Waals surface area contributed by atoms with Gasteiger partial charge in [0.2, 0.25) is 11.6 Å². The van der Waals surface area contributed by atoms with Crippen LogP contribution in [0.5, 0.6) is 17.2 Å². The van der Waals surface area contributed by atoms with E-state index in [0.29, 0.717) is 33.2 Å². The maximum absolute atomic E-state index is 13.7. The molecule has 0 amide bonds. The highest BCUT2D eigenvalue weighted by molar-refractivity contribution is 9.11. The lowest BCUT2D eigenvalue weighted by molar-refractivity contribution is -0.386. The highest BCUT2D eigenvalue weighted by Gasteiger charge is 2.24. The topological polar surface area (TPSA) is 131 Å². The van der Waals surface area contributed by atoms with Gasteiger partial charge in [-0.3, -0.25) is 14.9 Å². The molecule has 232 valence electrons. The monoisotopic (exact) mass is 746 g/mol. The Balaban J connectivity index is 1.45. The molecule has 0 saturated carbocycles. The predicted molar refractivity (Wildman–Crippen MR) is 181 cm³/mol. The van der Waals surface area contributed by atoms with Crippen LogP contribution in [0.2, 0.25) is 0 Å². The van der Waals surface area contributed by atoms with Crippen LogP contribution >= 0.6 is 31.9 Å². The van der Waals surface area contributed by atoms with E-state index in [2.05, 4.69) is 37.0 Å². The first-order chi connectivity index (χ1) is 22.3.